The van der Waals surface area contributed by atoms with Gasteiger partial charge in [-0.05, 0) is 54.8 Å². The summed E-state index contributed by atoms with van der Waals surface area (Å²) in [5.41, 5.74) is 10.4. The van der Waals surface area contributed by atoms with Crippen molar-refractivity contribution in [3.05, 3.63) is 65.4 Å². The molecule has 0 bridgehead atoms. The van der Waals surface area contributed by atoms with E-state index >= 15 is 0 Å². The fraction of sp³-hybridized carbons (Fsp3) is 0.136. The van der Waals surface area contributed by atoms with Gasteiger partial charge in [-0.25, -0.2) is 4.79 Å². The normalized spacial score (nSPS) is 10.4. The number of benzene rings is 2. The van der Waals surface area contributed by atoms with Gasteiger partial charge in [0.2, 0.25) is 5.91 Å². The van der Waals surface area contributed by atoms with Gasteiger partial charge in [0.25, 0.3) is 5.91 Å². The molecule has 0 spiro atoms. The van der Waals surface area contributed by atoms with E-state index in [2.05, 4.69) is 20.9 Å². The van der Waals surface area contributed by atoms with Gasteiger partial charge >= 0.3 is 6.03 Å². The van der Waals surface area contributed by atoms with Crippen LogP contribution < -0.4 is 21.7 Å². The third-order valence-corrected chi connectivity index (χ3v) is 4.36. The van der Waals surface area contributed by atoms with Crippen molar-refractivity contribution in [2.24, 2.45) is 5.73 Å². The number of urea groups is 1. The lowest BCUT2D eigenvalue weighted by molar-refractivity contribution is -0.114. The largest absolute Gasteiger partial charge is 0.365 e. The van der Waals surface area contributed by atoms with Gasteiger partial charge in [0.05, 0.1) is 5.56 Å². The van der Waals surface area contributed by atoms with Crippen molar-refractivity contribution >= 4 is 35.0 Å². The van der Waals surface area contributed by atoms with Gasteiger partial charge in [0, 0.05) is 30.1 Å². The second kappa shape index (κ2) is 8.52. The predicted molar refractivity (Wildman–Crippen MR) is 118 cm³/mol. The number of aryl methyl sites for hydroxylation is 2. The molecule has 30 heavy (non-hydrogen) atoms. The van der Waals surface area contributed by atoms with Gasteiger partial charge in [-0.1, -0.05) is 18.2 Å². The zero-order chi connectivity index (χ0) is 21.8. The van der Waals surface area contributed by atoms with Crippen molar-refractivity contribution in [2.45, 2.75) is 20.8 Å². The highest BCUT2D eigenvalue weighted by Crippen LogP contribution is 2.30. The number of carbonyl (C=O) groups excluding carboxylic acids is 3. The van der Waals surface area contributed by atoms with Crippen LogP contribution in [-0.2, 0) is 4.79 Å². The average Bonchev–Trinajstić information content (AvgIpc) is 3.04. The zero-order valence-corrected chi connectivity index (χ0v) is 16.9. The summed E-state index contributed by atoms with van der Waals surface area (Å²) in [7, 11) is 0. The number of carbonyl (C=O) groups is 3. The minimum Gasteiger partial charge on any atom is -0.365 e. The molecule has 6 N–H and O–H groups in total. The lowest BCUT2D eigenvalue weighted by Crippen LogP contribution is -2.19. The SMILES string of the molecule is CC(=O)Nc1[nH]cc(-c2ccc(NC(=O)Nc3cc(C)cc(C)c3)cc2)c1C(N)=O. The van der Waals surface area contributed by atoms with Crippen molar-refractivity contribution in [3.8, 4) is 11.1 Å². The Kier molecular flexibility index (Phi) is 5.87. The van der Waals surface area contributed by atoms with Gasteiger partial charge in [-0.15, -0.1) is 0 Å². The van der Waals surface area contributed by atoms with Gasteiger partial charge in [-0.3, -0.25) is 9.59 Å². The molecule has 0 fully saturated rings. The fourth-order valence-corrected chi connectivity index (χ4v) is 3.25. The standard InChI is InChI=1S/C22H23N5O3/c1-12-8-13(2)10-17(9-12)27-22(30)26-16-6-4-15(5-7-16)18-11-24-21(25-14(3)28)19(18)20(23)29/h4-11,24H,1-3H3,(H2,23,29)(H,25,28)(H2,26,27,30). The summed E-state index contributed by atoms with van der Waals surface area (Å²) in [6.07, 6.45) is 1.60. The Balaban J connectivity index is 1.75. The van der Waals surface area contributed by atoms with Gasteiger partial charge in [-0.2, -0.15) is 0 Å². The molecule has 1 aromatic heterocycles. The fourth-order valence-electron chi connectivity index (χ4n) is 3.25. The third kappa shape index (κ3) is 4.85. The topological polar surface area (TPSA) is 129 Å². The van der Waals surface area contributed by atoms with Gasteiger partial charge in [0.1, 0.15) is 5.82 Å². The van der Waals surface area contributed by atoms with Crippen LogP contribution in [0.4, 0.5) is 22.0 Å². The smallest absolute Gasteiger partial charge is 0.323 e. The first-order valence-electron chi connectivity index (χ1n) is 9.28. The summed E-state index contributed by atoms with van der Waals surface area (Å²) >= 11 is 0. The van der Waals surface area contributed by atoms with Gasteiger partial charge in [0.15, 0.2) is 0 Å². The summed E-state index contributed by atoms with van der Waals surface area (Å²) in [5, 5.41) is 8.13. The van der Waals surface area contributed by atoms with Crippen molar-refractivity contribution < 1.29 is 14.4 Å². The summed E-state index contributed by atoms with van der Waals surface area (Å²) in [5.74, 6) is -0.731. The molecule has 0 saturated heterocycles. The monoisotopic (exact) mass is 405 g/mol. The Bertz CT molecular complexity index is 1100. The minimum atomic E-state index is -0.662. The lowest BCUT2D eigenvalue weighted by atomic mass is 10.0. The van der Waals surface area contributed by atoms with Crippen LogP contribution in [0.3, 0.4) is 0 Å². The number of H-pyrrole nitrogens is 1. The Morgan fingerprint density at radius 3 is 2.03 bits per heavy atom. The molecule has 0 atom stereocenters. The second-order valence-corrected chi connectivity index (χ2v) is 7.03. The lowest BCUT2D eigenvalue weighted by Gasteiger charge is -2.10. The van der Waals surface area contributed by atoms with E-state index in [0.29, 0.717) is 22.5 Å². The Morgan fingerprint density at radius 1 is 0.867 bits per heavy atom. The molecule has 1 heterocycles. The van der Waals surface area contributed by atoms with Crippen LogP contribution in [0, 0.1) is 13.8 Å². The number of aromatic amines is 1. The Hall–Kier alpha value is -4.07. The summed E-state index contributed by atoms with van der Waals surface area (Å²) in [6.45, 7) is 5.27. The van der Waals surface area contributed by atoms with Crippen LogP contribution in [0.2, 0.25) is 0 Å². The summed E-state index contributed by atoms with van der Waals surface area (Å²) in [6, 6.07) is 12.4. The molecule has 4 amide bonds. The van der Waals surface area contributed by atoms with E-state index in [9.17, 15) is 14.4 Å². The number of hydrogen-bond donors (Lipinski definition) is 5. The molecule has 0 aliphatic rings. The second-order valence-electron chi connectivity index (χ2n) is 7.03. The highest BCUT2D eigenvalue weighted by Gasteiger charge is 2.18. The van der Waals surface area contributed by atoms with E-state index < -0.39 is 5.91 Å². The quantitative estimate of drug-likeness (QED) is 0.440. The first-order valence-corrected chi connectivity index (χ1v) is 9.28. The third-order valence-electron chi connectivity index (χ3n) is 4.36. The molecule has 0 radical (unpaired) electrons. The van der Waals surface area contributed by atoms with E-state index in [0.717, 1.165) is 11.1 Å². The molecule has 0 saturated carbocycles. The van der Waals surface area contributed by atoms with Crippen LogP contribution in [0.1, 0.15) is 28.4 Å². The maximum Gasteiger partial charge on any atom is 0.323 e. The van der Waals surface area contributed by atoms with E-state index in [-0.39, 0.29) is 23.3 Å². The van der Waals surface area contributed by atoms with Gasteiger partial charge < -0.3 is 26.7 Å². The molecule has 3 rings (SSSR count). The Morgan fingerprint density at radius 2 is 1.47 bits per heavy atom. The Labute approximate surface area is 173 Å². The highest BCUT2D eigenvalue weighted by molar-refractivity contribution is 6.07. The maximum absolute atomic E-state index is 12.3. The maximum atomic E-state index is 12.3. The number of amides is 4. The molecule has 2 aromatic carbocycles. The van der Waals surface area contributed by atoms with Crippen molar-refractivity contribution in [1.82, 2.24) is 4.98 Å². The number of nitrogens with two attached hydrogens (primary N) is 1. The van der Waals surface area contributed by atoms with Crippen LogP contribution in [-0.4, -0.2) is 22.8 Å². The number of anilines is 3. The van der Waals surface area contributed by atoms with Crippen LogP contribution in [0.25, 0.3) is 11.1 Å². The molecular weight excluding hydrogens is 382 g/mol. The number of aromatic nitrogens is 1. The number of primary amides is 1. The van der Waals surface area contributed by atoms with Crippen LogP contribution in [0.15, 0.2) is 48.7 Å². The van der Waals surface area contributed by atoms with E-state index in [1.165, 1.54) is 6.92 Å². The molecule has 0 unspecified atom stereocenters. The van der Waals surface area contributed by atoms with Crippen molar-refractivity contribution in [2.75, 3.05) is 16.0 Å². The first kappa shape index (κ1) is 20.7. The first-order chi connectivity index (χ1) is 14.2. The minimum absolute atomic E-state index is 0.193. The summed E-state index contributed by atoms with van der Waals surface area (Å²) < 4.78 is 0. The number of rotatable bonds is 5. The van der Waals surface area contributed by atoms with Crippen molar-refractivity contribution in [3.63, 3.8) is 0 Å². The van der Waals surface area contributed by atoms with Crippen LogP contribution in [0.5, 0.6) is 0 Å². The number of hydrogen-bond acceptors (Lipinski definition) is 3. The average molecular weight is 405 g/mol. The molecule has 154 valence electrons. The van der Waals surface area contributed by atoms with E-state index in [1.807, 2.05) is 32.0 Å². The van der Waals surface area contributed by atoms with Crippen LogP contribution >= 0.6 is 0 Å². The molecule has 8 heteroatoms. The summed E-state index contributed by atoms with van der Waals surface area (Å²) in [4.78, 5) is 38.3. The number of nitrogens with one attached hydrogen (secondary N) is 4. The van der Waals surface area contributed by atoms with Crippen molar-refractivity contribution in [1.29, 1.82) is 0 Å². The van der Waals surface area contributed by atoms with E-state index in [4.69, 9.17) is 5.73 Å². The zero-order valence-electron chi connectivity index (χ0n) is 16.9. The highest BCUT2D eigenvalue weighted by atomic mass is 16.2. The van der Waals surface area contributed by atoms with E-state index in [1.54, 1.807) is 30.5 Å². The molecular formula is C22H23N5O3. The molecule has 0 aliphatic heterocycles. The predicted octanol–water partition coefficient (Wildman–Crippen LogP) is 4.00. The molecule has 8 nitrogen and oxygen atoms in total. The molecule has 3 aromatic rings. The molecule has 0 aliphatic carbocycles.